The third-order valence-corrected chi connectivity index (χ3v) is 5.94. The normalized spacial score (nSPS) is 34.3. The Kier molecular flexibility index (Phi) is 4.36. The molecule has 3 nitrogen and oxygen atoms in total. The minimum absolute atomic E-state index is 0.541. The van der Waals surface area contributed by atoms with E-state index < -0.39 is 11.5 Å². The summed E-state index contributed by atoms with van der Waals surface area (Å²) >= 11 is 2.01. The van der Waals surface area contributed by atoms with Crippen molar-refractivity contribution in [1.29, 1.82) is 0 Å². The van der Waals surface area contributed by atoms with Gasteiger partial charge in [0.15, 0.2) is 0 Å². The van der Waals surface area contributed by atoms with Gasteiger partial charge in [-0.05, 0) is 50.8 Å². The molecule has 0 aliphatic heterocycles. The van der Waals surface area contributed by atoms with Crippen LogP contribution in [0.2, 0.25) is 0 Å². The number of carbonyl (C=O) groups is 1. The summed E-state index contributed by atoms with van der Waals surface area (Å²) < 4.78 is 0. The van der Waals surface area contributed by atoms with Crippen molar-refractivity contribution in [3.63, 3.8) is 0 Å². The zero-order valence-corrected chi connectivity index (χ0v) is 11.4. The quantitative estimate of drug-likeness (QED) is 0.794. The summed E-state index contributed by atoms with van der Waals surface area (Å²) in [4.78, 5) is 11.3. The van der Waals surface area contributed by atoms with Crippen molar-refractivity contribution in [2.24, 2.45) is 5.92 Å². The summed E-state index contributed by atoms with van der Waals surface area (Å²) in [5.74, 6) is 1.46. The van der Waals surface area contributed by atoms with Crippen molar-refractivity contribution in [2.75, 3.05) is 12.8 Å². The highest BCUT2D eigenvalue weighted by molar-refractivity contribution is 7.99. The Balaban J connectivity index is 1.78. The molecule has 0 aromatic rings. The van der Waals surface area contributed by atoms with E-state index in [1.54, 1.807) is 7.05 Å². The number of likely N-dealkylation sites (N-methyl/N-ethyl adjacent to an activating group) is 1. The molecule has 2 atom stereocenters. The topological polar surface area (TPSA) is 49.3 Å². The van der Waals surface area contributed by atoms with Crippen LogP contribution in [0.5, 0.6) is 0 Å². The second-order valence-electron chi connectivity index (χ2n) is 5.49. The number of thioether (sulfide) groups is 1. The van der Waals surface area contributed by atoms with Gasteiger partial charge in [0.1, 0.15) is 5.54 Å². The molecule has 0 aromatic carbocycles. The van der Waals surface area contributed by atoms with E-state index in [9.17, 15) is 9.90 Å². The van der Waals surface area contributed by atoms with E-state index in [4.69, 9.17) is 0 Å². The fourth-order valence-electron chi connectivity index (χ4n) is 3.12. The highest BCUT2D eigenvalue weighted by Gasteiger charge is 2.44. The molecule has 2 saturated carbocycles. The predicted molar refractivity (Wildman–Crippen MR) is 71.5 cm³/mol. The van der Waals surface area contributed by atoms with Gasteiger partial charge in [0, 0.05) is 5.25 Å². The largest absolute Gasteiger partial charge is 0.480 e. The maximum absolute atomic E-state index is 11.3. The van der Waals surface area contributed by atoms with Gasteiger partial charge >= 0.3 is 5.97 Å². The van der Waals surface area contributed by atoms with Gasteiger partial charge in [-0.1, -0.05) is 12.8 Å². The number of carboxylic acids is 1. The van der Waals surface area contributed by atoms with Crippen LogP contribution in [0.15, 0.2) is 0 Å². The van der Waals surface area contributed by atoms with Gasteiger partial charge in [-0.15, -0.1) is 0 Å². The molecular formula is C13H23NO2S. The Hall–Kier alpha value is -0.220. The molecule has 4 heteroatoms. The van der Waals surface area contributed by atoms with Gasteiger partial charge in [0.05, 0.1) is 0 Å². The molecule has 0 radical (unpaired) electrons. The first kappa shape index (κ1) is 13.2. The van der Waals surface area contributed by atoms with Crippen LogP contribution in [0, 0.1) is 5.92 Å². The average Bonchev–Trinajstić information content (AvgIpc) is 2.96. The molecule has 0 amide bonds. The molecule has 2 fully saturated rings. The van der Waals surface area contributed by atoms with Gasteiger partial charge in [-0.2, -0.15) is 11.8 Å². The van der Waals surface area contributed by atoms with Gasteiger partial charge < -0.3 is 10.4 Å². The number of hydrogen-bond acceptors (Lipinski definition) is 3. The van der Waals surface area contributed by atoms with Crippen LogP contribution in [0.25, 0.3) is 0 Å². The van der Waals surface area contributed by atoms with Crippen LogP contribution in [-0.2, 0) is 4.79 Å². The Morgan fingerprint density at radius 3 is 2.65 bits per heavy atom. The third kappa shape index (κ3) is 2.97. The summed E-state index contributed by atoms with van der Waals surface area (Å²) in [7, 11) is 1.78. The molecule has 98 valence electrons. The molecule has 0 bridgehead atoms. The Morgan fingerprint density at radius 2 is 2.12 bits per heavy atom. The Bertz CT molecular complexity index is 279. The van der Waals surface area contributed by atoms with Crippen LogP contribution in [0.1, 0.15) is 44.9 Å². The molecular weight excluding hydrogens is 234 g/mol. The monoisotopic (exact) mass is 257 g/mol. The van der Waals surface area contributed by atoms with Crippen molar-refractivity contribution in [1.82, 2.24) is 5.32 Å². The van der Waals surface area contributed by atoms with Crippen LogP contribution in [0.3, 0.4) is 0 Å². The van der Waals surface area contributed by atoms with E-state index >= 15 is 0 Å². The second-order valence-corrected chi connectivity index (χ2v) is 6.82. The maximum atomic E-state index is 11.3. The molecule has 0 saturated heterocycles. The van der Waals surface area contributed by atoms with E-state index in [-0.39, 0.29) is 0 Å². The molecule has 2 rings (SSSR count). The minimum Gasteiger partial charge on any atom is -0.480 e. The van der Waals surface area contributed by atoms with E-state index in [0.717, 1.165) is 25.2 Å². The van der Waals surface area contributed by atoms with Gasteiger partial charge in [0.25, 0.3) is 0 Å². The zero-order chi connectivity index (χ0) is 12.3. The number of nitrogens with one attached hydrogen (secondary N) is 1. The van der Waals surface area contributed by atoms with Crippen LogP contribution < -0.4 is 5.32 Å². The van der Waals surface area contributed by atoms with Crippen molar-refractivity contribution in [3.05, 3.63) is 0 Å². The zero-order valence-electron chi connectivity index (χ0n) is 10.6. The van der Waals surface area contributed by atoms with E-state index in [1.807, 2.05) is 11.8 Å². The van der Waals surface area contributed by atoms with Crippen LogP contribution >= 0.6 is 11.8 Å². The second kappa shape index (κ2) is 5.61. The molecule has 2 N–H and O–H groups in total. The maximum Gasteiger partial charge on any atom is 0.323 e. The van der Waals surface area contributed by atoms with Crippen LogP contribution in [0.4, 0.5) is 0 Å². The lowest BCUT2D eigenvalue weighted by molar-refractivity contribution is -0.144. The van der Waals surface area contributed by atoms with E-state index in [1.165, 1.54) is 31.4 Å². The molecule has 0 spiro atoms. The Labute approximate surface area is 108 Å². The van der Waals surface area contributed by atoms with Crippen molar-refractivity contribution in [2.45, 2.75) is 55.7 Å². The SMILES string of the molecule is CNC1(C(=O)O)CCC(SCC2CCCC2)C1. The summed E-state index contributed by atoms with van der Waals surface area (Å²) in [6, 6.07) is 0. The molecule has 0 aromatic heterocycles. The van der Waals surface area contributed by atoms with Crippen molar-refractivity contribution < 1.29 is 9.90 Å². The summed E-state index contributed by atoms with van der Waals surface area (Å²) in [6.07, 6.45) is 8.17. The molecule has 17 heavy (non-hydrogen) atoms. The lowest BCUT2D eigenvalue weighted by Crippen LogP contribution is -2.48. The van der Waals surface area contributed by atoms with Crippen molar-refractivity contribution in [3.8, 4) is 0 Å². The third-order valence-electron chi connectivity index (χ3n) is 4.40. The standard InChI is InChI=1S/C13H23NO2S/c1-14-13(12(15)16)7-6-11(8-13)17-9-10-4-2-3-5-10/h10-11,14H,2-9H2,1H3,(H,15,16). The van der Waals surface area contributed by atoms with Gasteiger partial charge in [-0.3, -0.25) is 4.79 Å². The van der Waals surface area contributed by atoms with Gasteiger partial charge in [0.2, 0.25) is 0 Å². The van der Waals surface area contributed by atoms with Crippen molar-refractivity contribution >= 4 is 17.7 Å². The Morgan fingerprint density at radius 1 is 1.41 bits per heavy atom. The highest BCUT2D eigenvalue weighted by Crippen LogP contribution is 2.39. The number of carboxylic acid groups (broad SMARTS) is 1. The summed E-state index contributed by atoms with van der Waals surface area (Å²) in [6.45, 7) is 0. The average molecular weight is 257 g/mol. The first-order valence-corrected chi connectivity index (χ1v) is 7.75. The predicted octanol–water partition coefficient (Wildman–Crippen LogP) is 2.51. The number of rotatable bonds is 5. The fourth-order valence-corrected chi connectivity index (χ4v) is 4.68. The molecule has 2 aliphatic rings. The summed E-state index contributed by atoms with van der Waals surface area (Å²) in [5.41, 5.74) is -0.645. The van der Waals surface area contributed by atoms with Gasteiger partial charge in [-0.25, -0.2) is 0 Å². The first-order chi connectivity index (χ1) is 8.16. The lowest BCUT2D eigenvalue weighted by atomic mass is 9.99. The van der Waals surface area contributed by atoms with E-state index in [0.29, 0.717) is 5.25 Å². The molecule has 0 heterocycles. The van der Waals surface area contributed by atoms with E-state index in [2.05, 4.69) is 5.32 Å². The van der Waals surface area contributed by atoms with Crippen LogP contribution in [-0.4, -0.2) is 34.7 Å². The lowest BCUT2D eigenvalue weighted by Gasteiger charge is -2.23. The first-order valence-electron chi connectivity index (χ1n) is 6.70. The molecule has 2 aliphatic carbocycles. The highest BCUT2D eigenvalue weighted by atomic mass is 32.2. The summed E-state index contributed by atoms with van der Waals surface area (Å²) in [5, 5.41) is 12.9. The smallest absolute Gasteiger partial charge is 0.323 e. The minimum atomic E-state index is -0.677. The molecule has 2 unspecified atom stereocenters. The fraction of sp³-hybridized carbons (Fsp3) is 0.923. The number of aliphatic carboxylic acids is 1. The number of hydrogen-bond donors (Lipinski definition) is 2.